The second kappa shape index (κ2) is 2.67. The second-order valence-corrected chi connectivity index (χ2v) is 1.08. The van der Waals surface area contributed by atoms with Crippen molar-refractivity contribution in [2.75, 3.05) is 0 Å². The molecule has 2 nitrogen and oxygen atoms in total. The lowest BCUT2D eigenvalue weighted by atomic mass is 10.8. The average Bonchev–Trinajstić information content (AvgIpc) is 1.65. The Hall–Kier alpha value is -0.550. The van der Waals surface area contributed by atoms with Crippen LogP contribution in [0.2, 0.25) is 0 Å². The summed E-state index contributed by atoms with van der Waals surface area (Å²) >= 11 is 4.93. The van der Waals surface area contributed by atoms with Crippen LogP contribution in [0.25, 0.3) is 4.85 Å². The van der Waals surface area contributed by atoms with Crippen molar-refractivity contribution in [3.8, 4) is 0 Å². The number of carbonyl (C=O) groups excluding carboxylic acids is 1. The van der Waals surface area contributed by atoms with Gasteiger partial charge >= 0.3 is 5.50 Å². The van der Waals surface area contributed by atoms with Gasteiger partial charge in [0.15, 0.2) is 0 Å². The first-order valence-electron chi connectivity index (χ1n) is 1.27. The molecular weight excluding hydrogens is 101 g/mol. The fourth-order valence-electron chi connectivity index (χ4n) is 0.0304. The van der Waals surface area contributed by atoms with Gasteiger partial charge in [-0.1, -0.05) is 0 Å². The maximum atomic E-state index is 9.39. The minimum atomic E-state index is -0.981. The predicted molar refractivity (Wildman–Crippen MR) is 22.3 cm³/mol. The number of aldehydes is 1. The molecular formula is C3H2ClNO. The summed E-state index contributed by atoms with van der Waals surface area (Å²) in [6, 6.07) is 0. The van der Waals surface area contributed by atoms with E-state index in [1.54, 1.807) is 0 Å². The monoisotopic (exact) mass is 103 g/mol. The Morgan fingerprint density at radius 3 is 2.50 bits per heavy atom. The Kier molecular flexibility index (Phi) is 2.43. The van der Waals surface area contributed by atoms with E-state index in [0.717, 1.165) is 0 Å². The molecule has 0 heterocycles. The van der Waals surface area contributed by atoms with Gasteiger partial charge in [-0.2, -0.15) is 0 Å². The Morgan fingerprint density at radius 1 is 2.00 bits per heavy atom. The van der Waals surface area contributed by atoms with Gasteiger partial charge in [0.05, 0.1) is 0 Å². The maximum absolute atomic E-state index is 9.39. The van der Waals surface area contributed by atoms with Gasteiger partial charge < -0.3 is 0 Å². The summed E-state index contributed by atoms with van der Waals surface area (Å²) in [5, 5.41) is 0. The van der Waals surface area contributed by atoms with Gasteiger partial charge in [-0.3, -0.25) is 9.64 Å². The van der Waals surface area contributed by atoms with Crippen LogP contribution in [0.3, 0.4) is 0 Å². The van der Waals surface area contributed by atoms with Crippen molar-refractivity contribution in [3.63, 3.8) is 0 Å². The first-order chi connectivity index (χ1) is 2.81. The highest BCUT2D eigenvalue weighted by Crippen LogP contribution is 1.88. The van der Waals surface area contributed by atoms with Crippen LogP contribution in [-0.2, 0) is 4.79 Å². The van der Waals surface area contributed by atoms with Gasteiger partial charge in [-0.15, -0.1) is 0 Å². The van der Waals surface area contributed by atoms with Gasteiger partial charge in [0.1, 0.15) is 0 Å². The smallest absolute Gasteiger partial charge is 0.293 e. The molecule has 0 saturated carbocycles. The van der Waals surface area contributed by atoms with E-state index in [1.165, 1.54) is 0 Å². The molecule has 0 N–H and O–H groups in total. The van der Waals surface area contributed by atoms with Crippen LogP contribution in [0.5, 0.6) is 0 Å². The third-order valence-corrected chi connectivity index (χ3v) is 0.436. The molecule has 1 unspecified atom stereocenters. The summed E-state index contributed by atoms with van der Waals surface area (Å²) in [5.41, 5.74) is -0.981. The zero-order valence-electron chi connectivity index (χ0n) is 2.89. The van der Waals surface area contributed by atoms with Crippen LogP contribution in [0.1, 0.15) is 0 Å². The Labute approximate surface area is 40.5 Å². The molecule has 0 fully saturated rings. The quantitative estimate of drug-likeness (QED) is 0.207. The molecule has 0 rings (SSSR count). The summed E-state index contributed by atoms with van der Waals surface area (Å²) in [6.45, 7) is 6.07. The first kappa shape index (κ1) is 5.45. The SMILES string of the molecule is [C-]#[N+]C(Cl)C=O. The van der Waals surface area contributed by atoms with Crippen molar-refractivity contribution >= 4 is 17.9 Å². The molecule has 0 aliphatic carbocycles. The highest BCUT2D eigenvalue weighted by Gasteiger charge is 1.98. The number of hydrogen-bond acceptors (Lipinski definition) is 1. The zero-order valence-corrected chi connectivity index (χ0v) is 3.64. The van der Waals surface area contributed by atoms with Crippen molar-refractivity contribution in [3.05, 3.63) is 11.4 Å². The van der Waals surface area contributed by atoms with Crippen LogP contribution in [0, 0.1) is 6.57 Å². The minimum absolute atomic E-state index is 0.383. The highest BCUT2D eigenvalue weighted by atomic mass is 35.5. The van der Waals surface area contributed by atoms with Crippen molar-refractivity contribution < 1.29 is 4.79 Å². The predicted octanol–water partition coefficient (Wildman–Crippen LogP) is 0.669. The number of hydrogen-bond donors (Lipinski definition) is 0. The van der Waals surface area contributed by atoms with E-state index >= 15 is 0 Å². The molecule has 0 amide bonds. The molecule has 0 aromatic heterocycles. The topological polar surface area (TPSA) is 21.4 Å². The molecule has 0 radical (unpaired) electrons. The Bertz CT molecular complexity index is 85.3. The molecule has 0 aliphatic rings. The van der Waals surface area contributed by atoms with E-state index in [2.05, 4.69) is 4.85 Å². The number of halogens is 1. The number of alkyl halides is 1. The zero-order chi connectivity index (χ0) is 4.99. The normalized spacial score (nSPS) is 12.0. The van der Waals surface area contributed by atoms with Crippen molar-refractivity contribution in [2.45, 2.75) is 5.50 Å². The highest BCUT2D eigenvalue weighted by molar-refractivity contribution is 6.28. The molecule has 0 aromatic carbocycles. The van der Waals surface area contributed by atoms with Gasteiger partial charge in [0, 0.05) is 0 Å². The summed E-state index contributed by atoms with van der Waals surface area (Å²) < 4.78 is 0. The molecule has 0 aliphatic heterocycles. The van der Waals surface area contributed by atoms with Crippen LogP contribution in [-0.4, -0.2) is 11.8 Å². The lowest BCUT2D eigenvalue weighted by Crippen LogP contribution is -1.87. The Morgan fingerprint density at radius 2 is 2.50 bits per heavy atom. The molecule has 0 bridgehead atoms. The van der Waals surface area contributed by atoms with Crippen LogP contribution in [0.15, 0.2) is 0 Å². The van der Waals surface area contributed by atoms with Crippen molar-refractivity contribution in [1.82, 2.24) is 0 Å². The summed E-state index contributed by atoms with van der Waals surface area (Å²) in [4.78, 5) is 12.0. The Balaban J connectivity index is 3.30. The molecule has 3 heteroatoms. The summed E-state index contributed by atoms with van der Waals surface area (Å²) in [6.07, 6.45) is 0.383. The minimum Gasteiger partial charge on any atom is -0.293 e. The van der Waals surface area contributed by atoms with Crippen molar-refractivity contribution in [1.29, 1.82) is 0 Å². The molecule has 0 aromatic rings. The molecule has 6 heavy (non-hydrogen) atoms. The largest absolute Gasteiger partial charge is 0.351 e. The van der Waals surface area contributed by atoms with Gasteiger partial charge in [-0.05, 0) is 11.6 Å². The number of nitrogens with zero attached hydrogens (tertiary/aromatic N) is 1. The number of carbonyl (C=O) groups is 1. The molecule has 32 valence electrons. The second-order valence-electron chi connectivity index (χ2n) is 0.638. The lowest BCUT2D eigenvalue weighted by Gasteiger charge is -1.71. The third kappa shape index (κ3) is 1.74. The van der Waals surface area contributed by atoms with Gasteiger partial charge in [0.25, 0.3) is 0 Å². The average molecular weight is 104 g/mol. The van der Waals surface area contributed by atoms with Crippen LogP contribution >= 0.6 is 11.6 Å². The van der Waals surface area contributed by atoms with Crippen molar-refractivity contribution in [2.24, 2.45) is 0 Å². The lowest BCUT2D eigenvalue weighted by molar-refractivity contribution is -0.106. The van der Waals surface area contributed by atoms with E-state index in [-0.39, 0.29) is 0 Å². The summed E-state index contributed by atoms with van der Waals surface area (Å²) in [5.74, 6) is 0. The van der Waals surface area contributed by atoms with E-state index in [4.69, 9.17) is 18.2 Å². The standard InChI is InChI=1S/C3H2ClNO/c1-5-3(4)2-6/h2-3H. The molecule has 1 atom stereocenters. The molecule has 0 saturated heterocycles. The van der Waals surface area contributed by atoms with Crippen LogP contribution < -0.4 is 0 Å². The first-order valence-corrected chi connectivity index (χ1v) is 1.71. The fraction of sp³-hybridized carbons (Fsp3) is 0.333. The molecule has 0 spiro atoms. The maximum Gasteiger partial charge on any atom is 0.351 e. The summed E-state index contributed by atoms with van der Waals surface area (Å²) in [7, 11) is 0. The van der Waals surface area contributed by atoms with Gasteiger partial charge in [0.2, 0.25) is 6.29 Å². The number of rotatable bonds is 1. The van der Waals surface area contributed by atoms with E-state index in [0.29, 0.717) is 6.29 Å². The van der Waals surface area contributed by atoms with E-state index < -0.39 is 5.50 Å². The third-order valence-electron chi connectivity index (χ3n) is 0.236. The van der Waals surface area contributed by atoms with E-state index in [1.807, 2.05) is 0 Å². The van der Waals surface area contributed by atoms with Crippen LogP contribution in [0.4, 0.5) is 0 Å². The van der Waals surface area contributed by atoms with Gasteiger partial charge in [-0.25, -0.2) is 6.57 Å². The fourth-order valence-corrected chi connectivity index (χ4v) is 0.0304. The van der Waals surface area contributed by atoms with E-state index in [9.17, 15) is 4.79 Å².